The zero-order valence-electron chi connectivity index (χ0n) is 13.3. The number of methoxy groups -OCH3 is 1. The third-order valence-electron chi connectivity index (χ3n) is 3.77. The largest absolute Gasteiger partial charge is 0.495 e. The van der Waals surface area contributed by atoms with Gasteiger partial charge in [0, 0.05) is 31.2 Å². The molecule has 24 heavy (non-hydrogen) atoms. The second kappa shape index (κ2) is 6.99. The lowest BCUT2D eigenvalue weighted by Crippen LogP contribution is -2.37. The molecule has 1 N–H and O–H groups in total. The molecule has 1 fully saturated rings. The number of urea groups is 1. The SMILES string of the molecule is COc1ccccc1N1CCN(CC(=O)Nc2ccncc2)C1=O. The molecule has 1 aromatic heterocycles. The van der Waals surface area contributed by atoms with Crippen LogP contribution in [-0.2, 0) is 4.79 Å². The van der Waals surface area contributed by atoms with Crippen molar-refractivity contribution in [2.24, 2.45) is 0 Å². The maximum atomic E-state index is 12.6. The van der Waals surface area contributed by atoms with Crippen molar-refractivity contribution in [3.63, 3.8) is 0 Å². The van der Waals surface area contributed by atoms with Crippen LogP contribution in [0.4, 0.5) is 16.2 Å². The highest BCUT2D eigenvalue weighted by Crippen LogP contribution is 2.30. The van der Waals surface area contributed by atoms with Gasteiger partial charge in [0.15, 0.2) is 0 Å². The minimum atomic E-state index is -0.239. The standard InChI is InChI=1S/C17H18N4O3/c1-24-15-5-3-2-4-14(15)21-11-10-20(17(21)23)12-16(22)19-13-6-8-18-9-7-13/h2-9H,10-12H2,1H3,(H,18,19,22). The molecule has 2 aromatic rings. The van der Waals surface area contributed by atoms with Gasteiger partial charge in [-0.15, -0.1) is 0 Å². The first-order chi connectivity index (χ1) is 11.7. The van der Waals surface area contributed by atoms with Crippen molar-refractivity contribution in [3.05, 3.63) is 48.8 Å². The van der Waals surface area contributed by atoms with E-state index in [1.807, 2.05) is 18.2 Å². The molecule has 1 aromatic carbocycles. The smallest absolute Gasteiger partial charge is 0.325 e. The Labute approximate surface area is 139 Å². The summed E-state index contributed by atoms with van der Waals surface area (Å²) in [4.78, 5) is 31.7. The van der Waals surface area contributed by atoms with Crippen LogP contribution >= 0.6 is 0 Å². The summed E-state index contributed by atoms with van der Waals surface area (Å²) in [6.45, 7) is 1.01. The van der Waals surface area contributed by atoms with Crippen LogP contribution in [0.1, 0.15) is 0 Å². The molecule has 1 aliphatic rings. The molecule has 0 aliphatic carbocycles. The van der Waals surface area contributed by atoms with Gasteiger partial charge < -0.3 is 15.0 Å². The van der Waals surface area contributed by atoms with E-state index in [0.717, 1.165) is 0 Å². The molecule has 7 nitrogen and oxygen atoms in total. The Bertz CT molecular complexity index is 736. The summed E-state index contributed by atoms with van der Waals surface area (Å²) in [7, 11) is 1.57. The van der Waals surface area contributed by atoms with E-state index in [0.29, 0.717) is 30.2 Å². The number of carbonyl (C=O) groups excluding carboxylic acids is 2. The molecule has 2 heterocycles. The summed E-state index contributed by atoms with van der Waals surface area (Å²) in [6, 6.07) is 10.5. The molecule has 0 spiro atoms. The number of pyridine rings is 1. The van der Waals surface area contributed by atoms with Crippen LogP contribution in [0.5, 0.6) is 5.75 Å². The second-order valence-corrected chi connectivity index (χ2v) is 5.31. The summed E-state index contributed by atoms with van der Waals surface area (Å²) in [6.07, 6.45) is 3.19. The first kappa shape index (κ1) is 15.8. The van der Waals surface area contributed by atoms with Gasteiger partial charge in [-0.25, -0.2) is 4.79 Å². The fraction of sp³-hybridized carbons (Fsp3) is 0.235. The fourth-order valence-corrected chi connectivity index (χ4v) is 2.61. The molecule has 0 saturated carbocycles. The van der Waals surface area contributed by atoms with E-state index in [1.165, 1.54) is 4.90 Å². The molecule has 1 saturated heterocycles. The third-order valence-corrected chi connectivity index (χ3v) is 3.77. The van der Waals surface area contributed by atoms with Gasteiger partial charge in [0.05, 0.1) is 12.8 Å². The van der Waals surface area contributed by atoms with Crippen LogP contribution in [0.2, 0.25) is 0 Å². The molecule has 0 atom stereocenters. The summed E-state index contributed by atoms with van der Waals surface area (Å²) in [5, 5.41) is 2.75. The van der Waals surface area contributed by atoms with E-state index >= 15 is 0 Å². The van der Waals surface area contributed by atoms with Crippen molar-refractivity contribution in [2.75, 3.05) is 37.0 Å². The summed E-state index contributed by atoms with van der Waals surface area (Å²) < 4.78 is 5.30. The molecule has 0 unspecified atom stereocenters. The van der Waals surface area contributed by atoms with Crippen molar-refractivity contribution in [1.82, 2.24) is 9.88 Å². The zero-order valence-corrected chi connectivity index (χ0v) is 13.3. The topological polar surface area (TPSA) is 74.8 Å². The number of hydrogen-bond acceptors (Lipinski definition) is 4. The van der Waals surface area contributed by atoms with E-state index in [1.54, 1.807) is 42.6 Å². The number of rotatable bonds is 5. The van der Waals surface area contributed by atoms with Gasteiger partial charge >= 0.3 is 6.03 Å². The van der Waals surface area contributed by atoms with Gasteiger partial charge in [0.2, 0.25) is 5.91 Å². The van der Waals surface area contributed by atoms with Crippen LogP contribution in [0.15, 0.2) is 48.8 Å². The lowest BCUT2D eigenvalue weighted by molar-refractivity contribution is -0.116. The first-order valence-electron chi connectivity index (χ1n) is 7.58. The number of para-hydroxylation sites is 2. The Morgan fingerprint density at radius 2 is 1.96 bits per heavy atom. The van der Waals surface area contributed by atoms with Crippen LogP contribution in [0, 0.1) is 0 Å². The van der Waals surface area contributed by atoms with Crippen LogP contribution < -0.4 is 15.0 Å². The zero-order chi connectivity index (χ0) is 16.9. The van der Waals surface area contributed by atoms with Gasteiger partial charge in [-0.1, -0.05) is 12.1 Å². The molecule has 7 heteroatoms. The predicted octanol–water partition coefficient (Wildman–Crippen LogP) is 1.97. The molecule has 0 radical (unpaired) electrons. The number of amides is 3. The second-order valence-electron chi connectivity index (χ2n) is 5.31. The molecule has 3 amide bonds. The van der Waals surface area contributed by atoms with Gasteiger partial charge in [-0.3, -0.25) is 14.7 Å². The van der Waals surface area contributed by atoms with Gasteiger partial charge in [-0.2, -0.15) is 0 Å². The highest BCUT2D eigenvalue weighted by Gasteiger charge is 2.32. The Kier molecular flexibility index (Phi) is 4.60. The Morgan fingerprint density at radius 3 is 2.71 bits per heavy atom. The van der Waals surface area contributed by atoms with E-state index in [2.05, 4.69) is 10.3 Å². The monoisotopic (exact) mass is 326 g/mol. The molecule has 124 valence electrons. The Balaban J connectivity index is 1.65. The lowest BCUT2D eigenvalue weighted by Gasteiger charge is -2.20. The van der Waals surface area contributed by atoms with E-state index < -0.39 is 0 Å². The highest BCUT2D eigenvalue weighted by molar-refractivity contribution is 6.00. The molecular formula is C17H18N4O3. The summed E-state index contributed by atoms with van der Waals surface area (Å²) in [5.74, 6) is 0.394. The number of anilines is 2. The van der Waals surface area contributed by atoms with Gasteiger partial charge in [0.25, 0.3) is 0 Å². The summed E-state index contributed by atoms with van der Waals surface area (Å²) in [5.41, 5.74) is 1.37. The van der Waals surface area contributed by atoms with E-state index in [9.17, 15) is 9.59 Å². The van der Waals surface area contributed by atoms with E-state index in [4.69, 9.17) is 4.74 Å². The average Bonchev–Trinajstić information content (AvgIpc) is 2.96. The molecule has 3 rings (SSSR count). The predicted molar refractivity (Wildman–Crippen MR) is 90.2 cm³/mol. The normalized spacial score (nSPS) is 14.0. The maximum absolute atomic E-state index is 12.6. The number of carbonyl (C=O) groups is 2. The molecule has 0 bridgehead atoms. The van der Waals surface area contributed by atoms with Crippen LogP contribution in [-0.4, -0.2) is 48.6 Å². The minimum Gasteiger partial charge on any atom is -0.495 e. The van der Waals surface area contributed by atoms with Crippen molar-refractivity contribution >= 4 is 23.3 Å². The number of benzene rings is 1. The van der Waals surface area contributed by atoms with Crippen LogP contribution in [0.25, 0.3) is 0 Å². The molecular weight excluding hydrogens is 308 g/mol. The molecule has 1 aliphatic heterocycles. The maximum Gasteiger partial charge on any atom is 0.325 e. The Morgan fingerprint density at radius 1 is 1.21 bits per heavy atom. The van der Waals surface area contributed by atoms with Crippen molar-refractivity contribution in [1.29, 1.82) is 0 Å². The summed E-state index contributed by atoms with van der Waals surface area (Å²) >= 11 is 0. The first-order valence-corrected chi connectivity index (χ1v) is 7.58. The number of nitrogens with zero attached hydrogens (tertiary/aromatic N) is 3. The average molecular weight is 326 g/mol. The Hall–Kier alpha value is -3.09. The third kappa shape index (κ3) is 3.29. The number of ether oxygens (including phenoxy) is 1. The highest BCUT2D eigenvalue weighted by atomic mass is 16.5. The minimum absolute atomic E-state index is 0.00675. The number of nitrogens with one attached hydrogen (secondary N) is 1. The van der Waals surface area contributed by atoms with Crippen molar-refractivity contribution in [2.45, 2.75) is 0 Å². The number of hydrogen-bond donors (Lipinski definition) is 1. The number of aromatic nitrogens is 1. The van der Waals surface area contributed by atoms with E-state index in [-0.39, 0.29) is 18.5 Å². The van der Waals surface area contributed by atoms with Crippen molar-refractivity contribution < 1.29 is 14.3 Å². The van der Waals surface area contributed by atoms with Crippen molar-refractivity contribution in [3.8, 4) is 5.75 Å². The lowest BCUT2D eigenvalue weighted by atomic mass is 10.2. The fourth-order valence-electron chi connectivity index (χ4n) is 2.61. The quantitative estimate of drug-likeness (QED) is 0.911. The van der Waals surface area contributed by atoms with Crippen LogP contribution in [0.3, 0.4) is 0 Å². The van der Waals surface area contributed by atoms with Gasteiger partial charge in [-0.05, 0) is 24.3 Å². The van der Waals surface area contributed by atoms with Gasteiger partial charge in [0.1, 0.15) is 12.3 Å².